The van der Waals surface area contributed by atoms with Gasteiger partial charge in [-0.1, -0.05) is 0 Å². The number of unbranched alkanes of at least 4 members (excludes halogenated alkanes) is 3. The van der Waals surface area contributed by atoms with Gasteiger partial charge in [0.2, 0.25) is 0 Å². The summed E-state index contributed by atoms with van der Waals surface area (Å²) < 4.78 is 10.3. The normalized spacial score (nSPS) is 13.3. The molecular weight excluding hydrogens is 348 g/mol. The summed E-state index contributed by atoms with van der Waals surface area (Å²) in [6, 6.07) is -1.04. The monoisotopic (exact) mass is 380 g/mol. The Bertz CT molecular complexity index is 314. The molecule has 0 aromatic heterocycles. The number of carbonyl (C=O) groups is 2. The maximum absolute atomic E-state index is 11.6. The van der Waals surface area contributed by atoms with Crippen LogP contribution in [0.4, 0.5) is 0 Å². The van der Waals surface area contributed by atoms with Crippen molar-refractivity contribution in [1.29, 1.82) is 0 Å². The molecule has 0 radical (unpaired) electrons. The highest BCUT2D eigenvalue weighted by Crippen LogP contribution is 2.05. The van der Waals surface area contributed by atoms with Gasteiger partial charge in [-0.2, -0.15) is 23.5 Å². The van der Waals surface area contributed by atoms with E-state index in [1.807, 2.05) is 12.5 Å². The molecule has 0 rings (SSSR count). The lowest BCUT2D eigenvalue weighted by Gasteiger charge is -2.11. The van der Waals surface area contributed by atoms with E-state index in [2.05, 4.69) is 0 Å². The fourth-order valence-electron chi connectivity index (χ4n) is 1.84. The summed E-state index contributed by atoms with van der Waals surface area (Å²) in [5.74, 6) is 1.07. The lowest BCUT2D eigenvalue weighted by Crippen LogP contribution is -2.33. The van der Waals surface area contributed by atoms with Crippen LogP contribution < -0.4 is 11.5 Å². The maximum atomic E-state index is 11.6. The molecule has 0 bridgehead atoms. The zero-order valence-corrected chi connectivity index (χ0v) is 16.5. The summed E-state index contributed by atoms with van der Waals surface area (Å²) in [5.41, 5.74) is 11.4. The third kappa shape index (κ3) is 12.9. The molecule has 0 fully saturated rings. The SMILES string of the molecule is CSCC[C@H](N)C(=O)OCCCCCCOC(=O)[C@@H](N)CCSC. The van der Waals surface area contributed by atoms with Crippen LogP contribution in [0.1, 0.15) is 38.5 Å². The van der Waals surface area contributed by atoms with Crippen molar-refractivity contribution in [3.63, 3.8) is 0 Å². The number of hydrogen-bond acceptors (Lipinski definition) is 8. The Morgan fingerprint density at radius 1 is 0.792 bits per heavy atom. The average Bonchev–Trinajstić information content (AvgIpc) is 2.59. The molecule has 0 aliphatic rings. The zero-order chi connectivity index (χ0) is 18.2. The fraction of sp³-hybridized carbons (Fsp3) is 0.875. The van der Waals surface area contributed by atoms with Gasteiger partial charge in [0.25, 0.3) is 0 Å². The topological polar surface area (TPSA) is 105 Å². The first kappa shape index (κ1) is 23.6. The van der Waals surface area contributed by atoms with Crippen LogP contribution in [0.2, 0.25) is 0 Å². The van der Waals surface area contributed by atoms with Gasteiger partial charge in [0, 0.05) is 0 Å². The van der Waals surface area contributed by atoms with Gasteiger partial charge >= 0.3 is 11.9 Å². The molecule has 0 unspecified atom stereocenters. The van der Waals surface area contributed by atoms with E-state index in [1.54, 1.807) is 23.5 Å². The lowest BCUT2D eigenvalue weighted by atomic mass is 10.2. The summed E-state index contributed by atoms with van der Waals surface area (Å²) in [5, 5.41) is 0. The molecule has 0 aromatic rings. The van der Waals surface area contributed by atoms with E-state index in [9.17, 15) is 9.59 Å². The molecule has 2 atom stereocenters. The Morgan fingerprint density at radius 3 is 1.50 bits per heavy atom. The molecule has 0 spiro atoms. The first-order valence-electron chi connectivity index (χ1n) is 8.35. The minimum absolute atomic E-state index is 0.322. The zero-order valence-electron chi connectivity index (χ0n) is 14.8. The Balaban J connectivity index is 3.48. The third-order valence-electron chi connectivity index (χ3n) is 3.40. The molecule has 0 saturated heterocycles. The van der Waals surface area contributed by atoms with E-state index in [-0.39, 0.29) is 11.9 Å². The van der Waals surface area contributed by atoms with Crippen molar-refractivity contribution in [2.45, 2.75) is 50.6 Å². The maximum Gasteiger partial charge on any atom is 0.322 e. The molecule has 0 aliphatic carbocycles. The van der Waals surface area contributed by atoms with Crippen LogP contribution in [0.3, 0.4) is 0 Å². The summed E-state index contributed by atoms with van der Waals surface area (Å²) in [4.78, 5) is 23.1. The minimum Gasteiger partial charge on any atom is -0.465 e. The van der Waals surface area contributed by atoms with Crippen molar-refractivity contribution in [3.05, 3.63) is 0 Å². The quantitative estimate of drug-likeness (QED) is 0.327. The van der Waals surface area contributed by atoms with Gasteiger partial charge in [0.05, 0.1) is 13.2 Å². The number of rotatable bonds is 15. The van der Waals surface area contributed by atoms with E-state index in [0.29, 0.717) is 26.1 Å². The molecule has 0 saturated carbocycles. The second-order valence-electron chi connectivity index (χ2n) is 5.53. The molecule has 6 nitrogen and oxygen atoms in total. The van der Waals surface area contributed by atoms with Crippen LogP contribution in [0.25, 0.3) is 0 Å². The predicted molar refractivity (Wildman–Crippen MR) is 102 cm³/mol. The van der Waals surface area contributed by atoms with Crippen LogP contribution >= 0.6 is 23.5 Å². The summed E-state index contributed by atoms with van der Waals surface area (Å²) >= 11 is 3.32. The van der Waals surface area contributed by atoms with Crippen LogP contribution in [-0.2, 0) is 19.1 Å². The second-order valence-corrected chi connectivity index (χ2v) is 7.50. The highest BCUT2D eigenvalue weighted by Gasteiger charge is 2.14. The first-order chi connectivity index (χ1) is 11.5. The van der Waals surface area contributed by atoms with Crippen molar-refractivity contribution in [1.82, 2.24) is 0 Å². The molecule has 0 heterocycles. The second kappa shape index (κ2) is 16.1. The van der Waals surface area contributed by atoms with Crippen molar-refractivity contribution < 1.29 is 19.1 Å². The van der Waals surface area contributed by atoms with E-state index in [1.165, 1.54) is 0 Å². The van der Waals surface area contributed by atoms with Gasteiger partial charge in [-0.15, -0.1) is 0 Å². The summed E-state index contributed by atoms with van der Waals surface area (Å²) in [6.07, 6.45) is 8.67. The Kier molecular flexibility index (Phi) is 15.8. The Morgan fingerprint density at radius 2 is 1.17 bits per heavy atom. The Hall–Kier alpha value is -0.440. The highest BCUT2D eigenvalue weighted by molar-refractivity contribution is 7.98. The summed E-state index contributed by atoms with van der Waals surface area (Å²) in [7, 11) is 0. The number of carbonyl (C=O) groups excluding carboxylic acids is 2. The summed E-state index contributed by atoms with van der Waals surface area (Å²) in [6.45, 7) is 0.788. The lowest BCUT2D eigenvalue weighted by molar-refractivity contribution is -0.146. The van der Waals surface area contributed by atoms with Gasteiger partial charge in [0.15, 0.2) is 0 Å². The molecule has 4 N–H and O–H groups in total. The highest BCUT2D eigenvalue weighted by atomic mass is 32.2. The van der Waals surface area contributed by atoms with Crippen LogP contribution in [-0.4, -0.2) is 61.3 Å². The van der Waals surface area contributed by atoms with Crippen molar-refractivity contribution in [2.75, 3.05) is 37.2 Å². The molecule has 24 heavy (non-hydrogen) atoms. The van der Waals surface area contributed by atoms with Crippen LogP contribution in [0.5, 0.6) is 0 Å². The van der Waals surface area contributed by atoms with E-state index in [4.69, 9.17) is 20.9 Å². The average molecular weight is 381 g/mol. The molecule has 0 aromatic carbocycles. The number of nitrogens with two attached hydrogens (primary N) is 2. The van der Waals surface area contributed by atoms with Gasteiger partial charge in [-0.3, -0.25) is 9.59 Å². The van der Waals surface area contributed by atoms with Gasteiger partial charge in [-0.25, -0.2) is 0 Å². The van der Waals surface area contributed by atoms with Crippen molar-refractivity contribution >= 4 is 35.5 Å². The van der Waals surface area contributed by atoms with Gasteiger partial charge in [-0.05, 0) is 62.5 Å². The smallest absolute Gasteiger partial charge is 0.322 e. The van der Waals surface area contributed by atoms with Crippen molar-refractivity contribution in [3.8, 4) is 0 Å². The van der Waals surface area contributed by atoms with Crippen LogP contribution in [0, 0.1) is 0 Å². The standard InChI is InChI=1S/C16H32N2O4S2/c1-23-11-7-13(17)15(19)21-9-5-3-4-6-10-22-16(20)14(18)8-12-24-2/h13-14H,3-12,17-18H2,1-2H3/t13-,14-/m0/s1. The minimum atomic E-state index is -0.521. The van der Waals surface area contributed by atoms with Gasteiger partial charge in [0.1, 0.15) is 12.1 Å². The van der Waals surface area contributed by atoms with E-state index in [0.717, 1.165) is 37.2 Å². The largest absolute Gasteiger partial charge is 0.465 e. The number of esters is 2. The number of hydrogen-bond donors (Lipinski definition) is 2. The number of thioether (sulfide) groups is 2. The number of ether oxygens (including phenoxy) is 2. The predicted octanol–water partition coefficient (Wildman–Crippen LogP) is 1.79. The van der Waals surface area contributed by atoms with E-state index < -0.39 is 12.1 Å². The molecule has 0 aliphatic heterocycles. The fourth-order valence-corrected chi connectivity index (χ4v) is 2.82. The molecule has 0 amide bonds. The first-order valence-corrected chi connectivity index (χ1v) is 11.1. The molecular formula is C16H32N2O4S2. The van der Waals surface area contributed by atoms with Crippen LogP contribution in [0.15, 0.2) is 0 Å². The molecule has 142 valence electrons. The molecule has 8 heteroatoms. The van der Waals surface area contributed by atoms with E-state index >= 15 is 0 Å². The third-order valence-corrected chi connectivity index (χ3v) is 4.69. The van der Waals surface area contributed by atoms with Gasteiger partial charge < -0.3 is 20.9 Å². The van der Waals surface area contributed by atoms with Crippen molar-refractivity contribution in [2.24, 2.45) is 11.5 Å². The Labute approximate surface area is 154 Å².